The number of aliphatic hydroxyl groups excluding tert-OH is 1. The maximum absolute atomic E-state index is 10.3. The van der Waals surface area contributed by atoms with Crippen molar-refractivity contribution in [2.24, 2.45) is 0 Å². The van der Waals surface area contributed by atoms with Crippen LogP contribution in [0.1, 0.15) is 36.5 Å². The van der Waals surface area contributed by atoms with Crippen LogP contribution in [0.25, 0.3) is 0 Å². The molecular formula is C14H18O2S. The third-order valence-electron chi connectivity index (χ3n) is 3.82. The zero-order chi connectivity index (χ0) is 11.9. The van der Waals surface area contributed by atoms with Crippen molar-refractivity contribution in [1.82, 2.24) is 0 Å². The van der Waals surface area contributed by atoms with Crippen LogP contribution in [0.4, 0.5) is 0 Å². The van der Waals surface area contributed by atoms with Crippen molar-refractivity contribution in [2.45, 2.75) is 37.9 Å². The second kappa shape index (κ2) is 4.21. The van der Waals surface area contributed by atoms with E-state index in [1.807, 2.05) is 23.9 Å². The highest BCUT2D eigenvalue weighted by Crippen LogP contribution is 2.45. The maximum atomic E-state index is 10.3. The third kappa shape index (κ3) is 2.06. The molecule has 3 heteroatoms. The highest BCUT2D eigenvalue weighted by molar-refractivity contribution is 7.99. The average Bonchev–Trinajstić information content (AvgIpc) is 2.31. The lowest BCUT2D eigenvalue weighted by Crippen LogP contribution is -2.44. The van der Waals surface area contributed by atoms with Gasteiger partial charge in [0.05, 0.1) is 6.10 Å². The van der Waals surface area contributed by atoms with Gasteiger partial charge in [0, 0.05) is 12.0 Å². The Kier molecular flexibility index (Phi) is 2.83. The molecular weight excluding hydrogens is 232 g/mol. The van der Waals surface area contributed by atoms with Crippen LogP contribution < -0.4 is 4.74 Å². The Morgan fingerprint density at radius 2 is 2.12 bits per heavy atom. The van der Waals surface area contributed by atoms with Crippen molar-refractivity contribution < 1.29 is 9.84 Å². The minimum Gasteiger partial charge on any atom is -0.487 e. The van der Waals surface area contributed by atoms with Crippen LogP contribution in [0, 0.1) is 6.92 Å². The van der Waals surface area contributed by atoms with E-state index >= 15 is 0 Å². The highest BCUT2D eigenvalue weighted by atomic mass is 32.2. The molecule has 0 bridgehead atoms. The van der Waals surface area contributed by atoms with Gasteiger partial charge in [0.2, 0.25) is 0 Å². The summed E-state index contributed by atoms with van der Waals surface area (Å²) in [7, 11) is 0. The molecule has 1 aromatic rings. The van der Waals surface area contributed by atoms with Gasteiger partial charge < -0.3 is 9.84 Å². The minimum absolute atomic E-state index is 0.104. The van der Waals surface area contributed by atoms with Gasteiger partial charge in [0.1, 0.15) is 11.4 Å². The van der Waals surface area contributed by atoms with Crippen LogP contribution in [0.5, 0.6) is 5.75 Å². The molecule has 92 valence electrons. The summed E-state index contributed by atoms with van der Waals surface area (Å²) < 4.78 is 6.21. The van der Waals surface area contributed by atoms with Crippen LogP contribution in [0.3, 0.4) is 0 Å². The molecule has 1 atom stereocenters. The van der Waals surface area contributed by atoms with Crippen LogP contribution in [-0.4, -0.2) is 22.2 Å². The molecule has 2 heterocycles. The molecule has 1 fully saturated rings. The van der Waals surface area contributed by atoms with E-state index in [0.717, 1.165) is 42.1 Å². The van der Waals surface area contributed by atoms with Gasteiger partial charge in [-0.2, -0.15) is 11.8 Å². The van der Waals surface area contributed by atoms with E-state index in [9.17, 15) is 5.11 Å². The Labute approximate surface area is 106 Å². The number of hydrogen-bond acceptors (Lipinski definition) is 3. The Bertz CT molecular complexity index is 424. The molecule has 2 aliphatic rings. The number of aliphatic hydroxyl groups is 1. The molecule has 2 nitrogen and oxygen atoms in total. The summed E-state index contributed by atoms with van der Waals surface area (Å²) in [6.07, 6.45) is 2.51. The number of benzene rings is 1. The lowest BCUT2D eigenvalue weighted by molar-refractivity contribution is -0.0198. The number of fused-ring (bicyclic) bond motifs is 1. The molecule has 1 N–H and O–H groups in total. The Morgan fingerprint density at radius 1 is 1.35 bits per heavy atom. The highest BCUT2D eigenvalue weighted by Gasteiger charge is 2.41. The van der Waals surface area contributed by atoms with Crippen molar-refractivity contribution in [1.29, 1.82) is 0 Å². The summed E-state index contributed by atoms with van der Waals surface area (Å²) in [5, 5.41) is 10.3. The minimum atomic E-state index is -0.359. The SMILES string of the molecule is Cc1ccc2c(c1)C(O)CC1(CCSCC1)O2. The van der Waals surface area contributed by atoms with Crippen molar-refractivity contribution in [3.63, 3.8) is 0 Å². The predicted octanol–water partition coefficient (Wildman–Crippen LogP) is 3.08. The van der Waals surface area contributed by atoms with E-state index in [4.69, 9.17) is 4.74 Å². The van der Waals surface area contributed by atoms with E-state index in [1.165, 1.54) is 5.56 Å². The number of hydrogen-bond donors (Lipinski definition) is 1. The molecule has 0 radical (unpaired) electrons. The third-order valence-corrected chi connectivity index (χ3v) is 4.81. The quantitative estimate of drug-likeness (QED) is 0.767. The normalized spacial score (nSPS) is 26.4. The molecule has 2 aliphatic heterocycles. The number of ether oxygens (including phenoxy) is 1. The fourth-order valence-corrected chi connectivity index (χ4v) is 4.04. The van der Waals surface area contributed by atoms with Gasteiger partial charge in [-0.15, -0.1) is 0 Å². The summed E-state index contributed by atoms with van der Waals surface area (Å²) in [6, 6.07) is 6.11. The zero-order valence-electron chi connectivity index (χ0n) is 10.1. The number of aryl methyl sites for hydroxylation is 1. The van der Waals surface area contributed by atoms with E-state index in [-0.39, 0.29) is 11.7 Å². The Morgan fingerprint density at radius 3 is 2.88 bits per heavy atom. The van der Waals surface area contributed by atoms with E-state index in [1.54, 1.807) is 0 Å². The van der Waals surface area contributed by atoms with Crippen molar-refractivity contribution >= 4 is 11.8 Å². The predicted molar refractivity (Wildman–Crippen MR) is 70.7 cm³/mol. The zero-order valence-corrected chi connectivity index (χ0v) is 10.9. The first-order valence-corrected chi connectivity index (χ1v) is 7.39. The Hall–Kier alpha value is -0.670. The summed E-state index contributed by atoms with van der Waals surface area (Å²) >= 11 is 1.99. The summed E-state index contributed by atoms with van der Waals surface area (Å²) in [4.78, 5) is 0. The molecule has 1 spiro atoms. The van der Waals surface area contributed by atoms with Gasteiger partial charge >= 0.3 is 0 Å². The number of rotatable bonds is 0. The van der Waals surface area contributed by atoms with Crippen molar-refractivity contribution in [3.05, 3.63) is 29.3 Å². The van der Waals surface area contributed by atoms with Crippen LogP contribution in [0.2, 0.25) is 0 Å². The van der Waals surface area contributed by atoms with Crippen molar-refractivity contribution in [2.75, 3.05) is 11.5 Å². The van der Waals surface area contributed by atoms with Gasteiger partial charge in [0.25, 0.3) is 0 Å². The van der Waals surface area contributed by atoms with E-state index in [0.29, 0.717) is 0 Å². The monoisotopic (exact) mass is 250 g/mol. The van der Waals surface area contributed by atoms with Gasteiger partial charge in [-0.3, -0.25) is 0 Å². The average molecular weight is 250 g/mol. The standard InChI is InChI=1S/C14H18O2S/c1-10-2-3-13-11(8-10)12(15)9-14(16-13)4-6-17-7-5-14/h2-3,8,12,15H,4-7,9H2,1H3. The lowest BCUT2D eigenvalue weighted by Gasteiger charge is -2.43. The molecule has 0 aromatic heterocycles. The first-order chi connectivity index (χ1) is 8.19. The topological polar surface area (TPSA) is 29.5 Å². The second-order valence-electron chi connectivity index (χ2n) is 5.16. The fraction of sp³-hybridized carbons (Fsp3) is 0.571. The van der Waals surface area contributed by atoms with Gasteiger partial charge in [-0.1, -0.05) is 11.6 Å². The van der Waals surface area contributed by atoms with Gasteiger partial charge in [-0.25, -0.2) is 0 Å². The molecule has 1 saturated heterocycles. The van der Waals surface area contributed by atoms with Crippen LogP contribution in [-0.2, 0) is 0 Å². The molecule has 1 aromatic carbocycles. The largest absolute Gasteiger partial charge is 0.487 e. The summed E-state index contributed by atoms with van der Waals surface area (Å²) in [5.41, 5.74) is 2.04. The molecule has 1 unspecified atom stereocenters. The maximum Gasteiger partial charge on any atom is 0.125 e. The summed E-state index contributed by atoms with van der Waals surface area (Å²) in [6.45, 7) is 2.05. The molecule has 3 rings (SSSR count). The fourth-order valence-electron chi connectivity index (χ4n) is 2.81. The molecule has 17 heavy (non-hydrogen) atoms. The van der Waals surface area contributed by atoms with Crippen LogP contribution >= 0.6 is 11.8 Å². The Balaban J connectivity index is 1.94. The summed E-state index contributed by atoms with van der Waals surface area (Å²) in [5.74, 6) is 3.18. The van der Waals surface area contributed by atoms with Gasteiger partial charge in [0.15, 0.2) is 0 Å². The van der Waals surface area contributed by atoms with Gasteiger partial charge in [-0.05, 0) is 43.4 Å². The molecule has 0 saturated carbocycles. The smallest absolute Gasteiger partial charge is 0.125 e. The molecule has 0 aliphatic carbocycles. The van der Waals surface area contributed by atoms with Crippen LogP contribution in [0.15, 0.2) is 18.2 Å². The van der Waals surface area contributed by atoms with E-state index < -0.39 is 0 Å². The first kappa shape index (κ1) is 11.4. The van der Waals surface area contributed by atoms with E-state index in [2.05, 4.69) is 13.0 Å². The lowest BCUT2D eigenvalue weighted by atomic mass is 9.84. The van der Waals surface area contributed by atoms with Crippen molar-refractivity contribution in [3.8, 4) is 5.75 Å². The first-order valence-electron chi connectivity index (χ1n) is 6.24. The molecule has 0 amide bonds. The number of thioether (sulfide) groups is 1. The second-order valence-corrected chi connectivity index (χ2v) is 6.38.